The zero-order chi connectivity index (χ0) is 9.26. The average molecular weight is 234 g/mol. The quantitative estimate of drug-likeness (QED) is 0.768. The lowest BCUT2D eigenvalue weighted by Crippen LogP contribution is -2.46. The molecule has 0 aromatic heterocycles. The molecule has 1 aliphatic heterocycles. The third-order valence-electron chi connectivity index (χ3n) is 2.26. The second-order valence-corrected chi connectivity index (χ2v) is 4.20. The van der Waals surface area contributed by atoms with Crippen molar-refractivity contribution >= 4 is 25.0 Å². The van der Waals surface area contributed by atoms with Crippen LogP contribution in [0.3, 0.4) is 0 Å². The molecule has 78 valence electrons. The predicted molar refractivity (Wildman–Crippen MR) is 61.7 cm³/mol. The maximum Gasteiger partial charge on any atom is 0.123 e. The van der Waals surface area contributed by atoms with Crippen molar-refractivity contribution in [2.24, 2.45) is 0 Å². The number of hydrogen-bond donors (Lipinski definition) is 1. The Balaban J connectivity index is 0.000000980. The van der Waals surface area contributed by atoms with E-state index in [-0.39, 0.29) is 18.2 Å². The first-order valence-electron chi connectivity index (χ1n) is 4.39. The molecule has 4 heteroatoms. The Morgan fingerprint density at radius 3 is 2.36 bits per heavy atom. The molecule has 1 aromatic carbocycles. The van der Waals surface area contributed by atoms with Gasteiger partial charge in [0.25, 0.3) is 0 Å². The molecule has 1 heterocycles. The van der Waals surface area contributed by atoms with Crippen LogP contribution < -0.4 is 0 Å². The Morgan fingerprint density at radius 2 is 1.86 bits per heavy atom. The molecule has 0 radical (unpaired) electrons. The van der Waals surface area contributed by atoms with Gasteiger partial charge in [-0.2, -0.15) is 12.6 Å². The first kappa shape index (κ1) is 11.8. The molecular weight excluding hydrogens is 221 g/mol. The number of likely N-dealkylation sites (tertiary alicyclic amines) is 1. The summed E-state index contributed by atoms with van der Waals surface area (Å²) in [6.07, 6.45) is 0. The highest BCUT2D eigenvalue weighted by Gasteiger charge is 2.22. The first-order chi connectivity index (χ1) is 6.24. The molecule has 0 unspecified atom stereocenters. The summed E-state index contributed by atoms with van der Waals surface area (Å²) in [5.74, 6) is -0.167. The molecular formula is C10H13ClFNS. The van der Waals surface area contributed by atoms with Crippen LogP contribution >= 0.6 is 25.0 Å². The summed E-state index contributed by atoms with van der Waals surface area (Å²) >= 11 is 4.33. The van der Waals surface area contributed by atoms with Gasteiger partial charge in [0.1, 0.15) is 5.82 Å². The second kappa shape index (κ2) is 5.01. The second-order valence-electron chi connectivity index (χ2n) is 3.47. The van der Waals surface area contributed by atoms with Gasteiger partial charge in [0.05, 0.1) is 0 Å². The summed E-state index contributed by atoms with van der Waals surface area (Å²) in [5, 5.41) is 0.528. The smallest absolute Gasteiger partial charge is 0.123 e. The Labute approximate surface area is 95.1 Å². The van der Waals surface area contributed by atoms with E-state index in [9.17, 15) is 4.39 Å². The summed E-state index contributed by atoms with van der Waals surface area (Å²) in [4.78, 5) is 2.30. The summed E-state index contributed by atoms with van der Waals surface area (Å²) in [6.45, 7) is 3.00. The predicted octanol–water partition coefficient (Wildman–Crippen LogP) is 2.36. The Morgan fingerprint density at radius 1 is 1.29 bits per heavy atom. The lowest BCUT2D eigenvalue weighted by molar-refractivity contribution is 0.182. The zero-order valence-corrected chi connectivity index (χ0v) is 9.40. The van der Waals surface area contributed by atoms with E-state index in [0.717, 1.165) is 19.6 Å². The number of nitrogens with zero attached hydrogens (tertiary/aromatic N) is 1. The molecule has 0 aliphatic carbocycles. The number of benzene rings is 1. The lowest BCUT2D eigenvalue weighted by Gasteiger charge is -2.36. The summed E-state index contributed by atoms with van der Waals surface area (Å²) in [6, 6.07) is 6.68. The van der Waals surface area contributed by atoms with E-state index in [2.05, 4.69) is 17.5 Å². The Hall–Kier alpha value is -0.250. The highest BCUT2D eigenvalue weighted by atomic mass is 35.5. The first-order valence-corrected chi connectivity index (χ1v) is 4.90. The van der Waals surface area contributed by atoms with Crippen LogP contribution in [0.4, 0.5) is 4.39 Å². The summed E-state index contributed by atoms with van der Waals surface area (Å²) < 4.78 is 12.6. The van der Waals surface area contributed by atoms with Gasteiger partial charge in [0.2, 0.25) is 0 Å². The minimum absolute atomic E-state index is 0. The average Bonchev–Trinajstić information content (AvgIpc) is 2.06. The van der Waals surface area contributed by atoms with Crippen molar-refractivity contribution in [3.05, 3.63) is 35.6 Å². The highest BCUT2D eigenvalue weighted by molar-refractivity contribution is 7.81. The Kier molecular flexibility index (Phi) is 4.23. The zero-order valence-electron chi connectivity index (χ0n) is 7.69. The van der Waals surface area contributed by atoms with Crippen LogP contribution in [0.1, 0.15) is 5.56 Å². The van der Waals surface area contributed by atoms with Gasteiger partial charge in [0.15, 0.2) is 0 Å². The van der Waals surface area contributed by atoms with Gasteiger partial charge in [-0.1, -0.05) is 12.1 Å². The van der Waals surface area contributed by atoms with Crippen LogP contribution in [0.5, 0.6) is 0 Å². The van der Waals surface area contributed by atoms with Crippen LogP contribution in [-0.4, -0.2) is 23.2 Å². The molecule has 0 bridgehead atoms. The maximum atomic E-state index is 12.6. The summed E-state index contributed by atoms with van der Waals surface area (Å²) in [7, 11) is 0. The lowest BCUT2D eigenvalue weighted by atomic mass is 10.1. The molecule has 0 amide bonds. The fraction of sp³-hybridized carbons (Fsp3) is 0.400. The minimum Gasteiger partial charge on any atom is -0.297 e. The van der Waals surface area contributed by atoms with Gasteiger partial charge in [0, 0.05) is 24.9 Å². The SMILES string of the molecule is Cl.Fc1ccc(CN2CC(S)C2)cc1. The molecule has 1 aromatic rings. The van der Waals surface area contributed by atoms with Crippen LogP contribution in [0.25, 0.3) is 0 Å². The van der Waals surface area contributed by atoms with Crippen molar-refractivity contribution in [1.82, 2.24) is 4.90 Å². The minimum atomic E-state index is -0.167. The van der Waals surface area contributed by atoms with E-state index >= 15 is 0 Å². The molecule has 1 saturated heterocycles. The van der Waals surface area contributed by atoms with E-state index in [1.54, 1.807) is 0 Å². The molecule has 0 spiro atoms. The van der Waals surface area contributed by atoms with E-state index in [1.807, 2.05) is 12.1 Å². The molecule has 0 N–H and O–H groups in total. The molecule has 0 saturated carbocycles. The van der Waals surface area contributed by atoms with Gasteiger partial charge in [-0.05, 0) is 17.7 Å². The van der Waals surface area contributed by atoms with Crippen molar-refractivity contribution in [2.45, 2.75) is 11.8 Å². The van der Waals surface area contributed by atoms with Crippen LogP contribution in [0.15, 0.2) is 24.3 Å². The van der Waals surface area contributed by atoms with Crippen molar-refractivity contribution < 1.29 is 4.39 Å². The van der Waals surface area contributed by atoms with Crippen molar-refractivity contribution in [2.75, 3.05) is 13.1 Å². The molecule has 1 nitrogen and oxygen atoms in total. The van der Waals surface area contributed by atoms with E-state index in [4.69, 9.17) is 0 Å². The van der Waals surface area contributed by atoms with Crippen LogP contribution in [0, 0.1) is 5.82 Å². The highest BCUT2D eigenvalue weighted by Crippen LogP contribution is 2.16. The Bertz CT molecular complexity index is 285. The third kappa shape index (κ3) is 2.87. The molecule has 14 heavy (non-hydrogen) atoms. The van der Waals surface area contributed by atoms with Crippen LogP contribution in [0.2, 0.25) is 0 Å². The number of halogens is 2. The van der Waals surface area contributed by atoms with Gasteiger partial charge in [-0.3, -0.25) is 4.90 Å². The van der Waals surface area contributed by atoms with Crippen molar-refractivity contribution in [3.63, 3.8) is 0 Å². The fourth-order valence-electron chi connectivity index (χ4n) is 1.52. The van der Waals surface area contributed by atoms with E-state index in [0.29, 0.717) is 5.25 Å². The largest absolute Gasteiger partial charge is 0.297 e. The standard InChI is InChI=1S/C10H12FNS.ClH/c11-9-3-1-8(2-4-9)5-12-6-10(13)7-12;/h1-4,10,13H,5-7H2;1H. The topological polar surface area (TPSA) is 3.24 Å². The van der Waals surface area contributed by atoms with Gasteiger partial charge in [-0.25, -0.2) is 4.39 Å². The number of rotatable bonds is 2. The van der Waals surface area contributed by atoms with Gasteiger partial charge in [-0.15, -0.1) is 12.4 Å². The molecule has 2 rings (SSSR count). The number of thiol groups is 1. The molecule has 1 aliphatic rings. The summed E-state index contributed by atoms with van der Waals surface area (Å²) in [5.41, 5.74) is 1.17. The van der Waals surface area contributed by atoms with Crippen LogP contribution in [-0.2, 0) is 6.54 Å². The molecule has 0 atom stereocenters. The maximum absolute atomic E-state index is 12.6. The van der Waals surface area contributed by atoms with Crippen molar-refractivity contribution in [3.8, 4) is 0 Å². The number of hydrogen-bond acceptors (Lipinski definition) is 2. The monoisotopic (exact) mass is 233 g/mol. The van der Waals surface area contributed by atoms with Gasteiger partial charge < -0.3 is 0 Å². The van der Waals surface area contributed by atoms with E-state index < -0.39 is 0 Å². The molecule has 1 fully saturated rings. The van der Waals surface area contributed by atoms with Crippen molar-refractivity contribution in [1.29, 1.82) is 0 Å². The van der Waals surface area contributed by atoms with E-state index in [1.165, 1.54) is 17.7 Å². The third-order valence-corrected chi connectivity index (χ3v) is 2.58. The fourth-order valence-corrected chi connectivity index (χ4v) is 1.98. The van der Waals surface area contributed by atoms with Gasteiger partial charge >= 0.3 is 0 Å². The normalized spacial score (nSPS) is 17.3.